The van der Waals surface area contributed by atoms with Crippen LogP contribution in [-0.2, 0) is 4.74 Å². The number of allylic oxidation sites excluding steroid dienone is 2. The Morgan fingerprint density at radius 1 is 1.28 bits per heavy atom. The molecule has 0 aliphatic rings. The fourth-order valence-electron chi connectivity index (χ4n) is 1.58. The monoisotopic (exact) mass is 250 g/mol. The van der Waals surface area contributed by atoms with Crippen molar-refractivity contribution < 1.29 is 14.6 Å². The third-order valence-electron chi connectivity index (χ3n) is 2.45. The molecule has 1 N–H and O–H groups in total. The van der Waals surface area contributed by atoms with E-state index in [-0.39, 0.29) is 12.9 Å². The van der Waals surface area contributed by atoms with E-state index in [2.05, 4.69) is 6.08 Å². The molecule has 0 aliphatic heterocycles. The van der Waals surface area contributed by atoms with Gasteiger partial charge in [-0.3, -0.25) is 0 Å². The maximum absolute atomic E-state index is 8.80. The van der Waals surface area contributed by atoms with E-state index in [1.807, 2.05) is 43.3 Å². The lowest BCUT2D eigenvalue weighted by atomic mass is 10.2. The molecule has 1 unspecified atom stereocenters. The molecular weight excluding hydrogens is 228 g/mol. The molecule has 1 aromatic rings. The highest BCUT2D eigenvalue weighted by atomic mass is 16.7. The summed E-state index contributed by atoms with van der Waals surface area (Å²) >= 11 is 0. The Morgan fingerprint density at radius 2 is 2.06 bits per heavy atom. The Balaban J connectivity index is 2.39. The fraction of sp³-hybridized carbons (Fsp3) is 0.467. The van der Waals surface area contributed by atoms with Crippen LogP contribution >= 0.6 is 0 Å². The molecule has 0 radical (unpaired) electrons. The first-order chi connectivity index (χ1) is 8.86. The van der Waals surface area contributed by atoms with Crippen molar-refractivity contribution in [1.82, 2.24) is 0 Å². The van der Waals surface area contributed by atoms with E-state index in [0.29, 0.717) is 6.61 Å². The number of aliphatic hydroxyl groups excluding tert-OH is 1. The number of hydrogen-bond acceptors (Lipinski definition) is 3. The summed E-state index contributed by atoms with van der Waals surface area (Å²) in [6.07, 6.45) is 6.73. The Kier molecular flexibility index (Phi) is 7.93. The predicted octanol–water partition coefficient (Wildman–Crippen LogP) is 3.15. The van der Waals surface area contributed by atoms with E-state index in [1.54, 1.807) is 0 Å². The molecule has 0 spiro atoms. The largest absolute Gasteiger partial charge is 0.465 e. The van der Waals surface area contributed by atoms with Gasteiger partial charge in [-0.15, -0.1) is 0 Å². The second-order valence-corrected chi connectivity index (χ2v) is 3.95. The zero-order valence-corrected chi connectivity index (χ0v) is 10.9. The van der Waals surface area contributed by atoms with E-state index < -0.39 is 0 Å². The van der Waals surface area contributed by atoms with Crippen LogP contribution in [0.2, 0.25) is 0 Å². The zero-order valence-electron chi connectivity index (χ0n) is 10.9. The Hall–Kier alpha value is -1.32. The number of ether oxygens (including phenoxy) is 2. The van der Waals surface area contributed by atoms with Crippen LogP contribution in [0.1, 0.15) is 26.2 Å². The van der Waals surface area contributed by atoms with Crippen molar-refractivity contribution in [2.45, 2.75) is 32.5 Å². The third kappa shape index (κ3) is 6.42. The molecule has 1 aromatic carbocycles. The Bertz CT molecular complexity index is 322. The van der Waals surface area contributed by atoms with Crippen LogP contribution in [-0.4, -0.2) is 24.6 Å². The number of unbranched alkanes of at least 4 members (excludes halogenated alkanes) is 1. The molecular formula is C15H22O3. The maximum Gasteiger partial charge on any atom is 0.199 e. The van der Waals surface area contributed by atoms with Gasteiger partial charge in [-0.25, -0.2) is 0 Å². The smallest absolute Gasteiger partial charge is 0.199 e. The van der Waals surface area contributed by atoms with E-state index >= 15 is 0 Å². The Labute approximate surface area is 109 Å². The number of benzene rings is 1. The minimum atomic E-state index is -0.287. The van der Waals surface area contributed by atoms with Crippen LogP contribution in [0.4, 0.5) is 0 Å². The molecule has 0 heterocycles. The molecule has 3 nitrogen and oxygen atoms in total. The van der Waals surface area contributed by atoms with Crippen molar-refractivity contribution >= 4 is 0 Å². The summed E-state index contributed by atoms with van der Waals surface area (Å²) in [5.74, 6) is 0.798. The van der Waals surface area contributed by atoms with Crippen LogP contribution in [0.25, 0.3) is 0 Å². The number of aliphatic hydroxyl groups is 1. The average Bonchev–Trinajstić information content (AvgIpc) is 2.41. The van der Waals surface area contributed by atoms with E-state index in [1.165, 1.54) is 0 Å². The lowest BCUT2D eigenvalue weighted by Crippen LogP contribution is -2.22. The van der Waals surface area contributed by atoms with Gasteiger partial charge in [0, 0.05) is 6.42 Å². The van der Waals surface area contributed by atoms with Gasteiger partial charge < -0.3 is 14.6 Å². The van der Waals surface area contributed by atoms with E-state index in [0.717, 1.165) is 25.0 Å². The predicted molar refractivity (Wildman–Crippen MR) is 72.6 cm³/mol. The maximum atomic E-state index is 8.80. The van der Waals surface area contributed by atoms with Gasteiger partial charge in [0.25, 0.3) is 0 Å². The lowest BCUT2D eigenvalue weighted by Gasteiger charge is -2.19. The molecule has 0 aliphatic carbocycles. The summed E-state index contributed by atoms with van der Waals surface area (Å²) in [4.78, 5) is 0. The number of para-hydroxylation sites is 1. The second-order valence-electron chi connectivity index (χ2n) is 3.95. The Morgan fingerprint density at radius 3 is 2.72 bits per heavy atom. The van der Waals surface area contributed by atoms with Crippen molar-refractivity contribution in [1.29, 1.82) is 0 Å². The normalized spacial score (nSPS) is 12.8. The quantitative estimate of drug-likeness (QED) is 0.416. The van der Waals surface area contributed by atoms with E-state index in [9.17, 15) is 0 Å². The van der Waals surface area contributed by atoms with Gasteiger partial charge in [0.05, 0.1) is 13.2 Å². The van der Waals surface area contributed by atoms with Gasteiger partial charge in [0.15, 0.2) is 6.29 Å². The molecule has 3 heteroatoms. The summed E-state index contributed by atoms with van der Waals surface area (Å²) in [6.45, 7) is 2.34. The van der Waals surface area contributed by atoms with Crippen molar-refractivity contribution in [3.05, 3.63) is 42.5 Å². The molecule has 0 saturated carbocycles. The van der Waals surface area contributed by atoms with Crippen molar-refractivity contribution in [3.63, 3.8) is 0 Å². The molecule has 0 saturated heterocycles. The zero-order chi connectivity index (χ0) is 13.1. The molecule has 1 rings (SSSR count). The van der Waals surface area contributed by atoms with Gasteiger partial charge in [-0.2, -0.15) is 0 Å². The van der Waals surface area contributed by atoms with Gasteiger partial charge >= 0.3 is 0 Å². The number of hydrogen-bond donors (Lipinski definition) is 1. The molecule has 100 valence electrons. The van der Waals surface area contributed by atoms with E-state index in [4.69, 9.17) is 14.6 Å². The van der Waals surface area contributed by atoms with Gasteiger partial charge in [-0.05, 0) is 31.9 Å². The number of rotatable bonds is 9. The van der Waals surface area contributed by atoms with Crippen LogP contribution in [0.3, 0.4) is 0 Å². The first-order valence-electron chi connectivity index (χ1n) is 6.42. The summed E-state index contributed by atoms with van der Waals surface area (Å²) < 4.78 is 11.2. The average molecular weight is 250 g/mol. The van der Waals surface area contributed by atoms with Gasteiger partial charge in [0.1, 0.15) is 5.75 Å². The molecule has 1 atom stereocenters. The molecule has 0 amide bonds. The minimum absolute atomic E-state index is 0.0174. The lowest BCUT2D eigenvalue weighted by molar-refractivity contribution is -0.0934. The molecule has 0 aromatic heterocycles. The highest BCUT2D eigenvalue weighted by molar-refractivity contribution is 5.21. The highest BCUT2D eigenvalue weighted by Crippen LogP contribution is 2.15. The minimum Gasteiger partial charge on any atom is -0.465 e. The summed E-state index contributed by atoms with van der Waals surface area (Å²) in [7, 11) is 0. The van der Waals surface area contributed by atoms with Gasteiger partial charge in [-0.1, -0.05) is 30.4 Å². The standard InChI is InChI=1S/C15H22O3/c1-2-3-4-8-11-15(17-13-12-16)18-14-9-6-5-7-10-14/h2-3,5-7,9-10,15-16H,4,8,11-13H2,1H3. The molecule has 0 fully saturated rings. The summed E-state index contributed by atoms with van der Waals surface area (Å²) in [6, 6.07) is 9.61. The van der Waals surface area contributed by atoms with Crippen molar-refractivity contribution in [2.75, 3.05) is 13.2 Å². The topological polar surface area (TPSA) is 38.7 Å². The second kappa shape index (κ2) is 9.68. The highest BCUT2D eigenvalue weighted by Gasteiger charge is 2.09. The first kappa shape index (κ1) is 14.7. The van der Waals surface area contributed by atoms with Crippen LogP contribution in [0, 0.1) is 0 Å². The van der Waals surface area contributed by atoms with Crippen molar-refractivity contribution in [2.24, 2.45) is 0 Å². The van der Waals surface area contributed by atoms with Crippen LogP contribution in [0.15, 0.2) is 42.5 Å². The van der Waals surface area contributed by atoms with Gasteiger partial charge in [0.2, 0.25) is 0 Å². The van der Waals surface area contributed by atoms with Crippen LogP contribution in [0.5, 0.6) is 5.75 Å². The first-order valence-corrected chi connectivity index (χ1v) is 6.42. The fourth-order valence-corrected chi connectivity index (χ4v) is 1.58. The van der Waals surface area contributed by atoms with Crippen molar-refractivity contribution in [3.8, 4) is 5.75 Å². The summed E-state index contributed by atoms with van der Waals surface area (Å²) in [5.41, 5.74) is 0. The third-order valence-corrected chi connectivity index (χ3v) is 2.45. The molecule has 0 bridgehead atoms. The summed E-state index contributed by atoms with van der Waals surface area (Å²) in [5, 5.41) is 8.80. The van der Waals surface area contributed by atoms with Crippen LogP contribution < -0.4 is 4.74 Å². The SMILES string of the molecule is CC=CCCCC(OCCO)Oc1ccccc1. The molecule has 18 heavy (non-hydrogen) atoms.